The molecule has 0 aliphatic heterocycles. The summed E-state index contributed by atoms with van der Waals surface area (Å²) in [5.41, 5.74) is 6.41. The summed E-state index contributed by atoms with van der Waals surface area (Å²) in [7, 11) is 0. The second kappa shape index (κ2) is 5.31. The van der Waals surface area contributed by atoms with Crippen molar-refractivity contribution in [3.63, 3.8) is 0 Å². The van der Waals surface area contributed by atoms with E-state index in [0.29, 0.717) is 4.99 Å². The summed E-state index contributed by atoms with van der Waals surface area (Å²) >= 11 is 4.92. The number of hydrogen-bond donors (Lipinski definition) is 1. The summed E-state index contributed by atoms with van der Waals surface area (Å²) in [4.78, 5) is 0.391. The largest absolute Gasteiger partial charge is 0.457 e. The van der Waals surface area contributed by atoms with Gasteiger partial charge < -0.3 is 10.5 Å². The van der Waals surface area contributed by atoms with Gasteiger partial charge in [-0.2, -0.15) is 0 Å². The van der Waals surface area contributed by atoms with Crippen molar-refractivity contribution in [2.45, 2.75) is 0 Å². The zero-order valence-electron chi connectivity index (χ0n) is 10.7. The molecule has 2 N–H and O–H groups in total. The maximum Gasteiger partial charge on any atom is 0.128 e. The van der Waals surface area contributed by atoms with E-state index in [1.807, 2.05) is 54.6 Å². The molecule has 0 radical (unpaired) electrons. The van der Waals surface area contributed by atoms with Gasteiger partial charge in [-0.15, -0.1) is 0 Å². The Kier molecular flexibility index (Phi) is 3.35. The van der Waals surface area contributed by atoms with Crippen molar-refractivity contribution < 1.29 is 4.74 Å². The molecule has 0 aromatic heterocycles. The molecule has 0 saturated carbocycles. The van der Waals surface area contributed by atoms with Crippen LogP contribution in [0, 0.1) is 0 Å². The molecule has 98 valence electrons. The van der Waals surface area contributed by atoms with Crippen molar-refractivity contribution in [2.75, 3.05) is 0 Å². The van der Waals surface area contributed by atoms with Crippen LogP contribution in [0.1, 0.15) is 5.56 Å². The molecule has 2 nitrogen and oxygen atoms in total. The van der Waals surface area contributed by atoms with E-state index in [9.17, 15) is 0 Å². The predicted molar refractivity (Wildman–Crippen MR) is 86.4 cm³/mol. The van der Waals surface area contributed by atoms with Crippen LogP contribution in [-0.2, 0) is 0 Å². The third-order valence-electron chi connectivity index (χ3n) is 3.10. The van der Waals surface area contributed by atoms with Crippen LogP contribution < -0.4 is 10.5 Å². The van der Waals surface area contributed by atoms with Gasteiger partial charge in [-0.1, -0.05) is 42.5 Å². The van der Waals surface area contributed by atoms with Gasteiger partial charge in [-0.25, -0.2) is 0 Å². The van der Waals surface area contributed by atoms with Crippen LogP contribution >= 0.6 is 12.2 Å². The summed E-state index contributed by atoms with van der Waals surface area (Å²) in [6.07, 6.45) is 0. The first-order chi connectivity index (χ1) is 9.72. The molecule has 3 aromatic rings. The van der Waals surface area contributed by atoms with Crippen LogP contribution in [0.4, 0.5) is 0 Å². The van der Waals surface area contributed by atoms with Crippen LogP contribution in [-0.4, -0.2) is 4.99 Å². The van der Waals surface area contributed by atoms with Crippen molar-refractivity contribution in [2.24, 2.45) is 5.73 Å². The predicted octanol–water partition coefficient (Wildman–Crippen LogP) is 4.27. The van der Waals surface area contributed by atoms with Gasteiger partial charge in [-0.3, -0.25) is 0 Å². The van der Waals surface area contributed by atoms with Crippen LogP contribution in [0.5, 0.6) is 11.5 Å². The Morgan fingerprint density at radius 3 is 2.15 bits per heavy atom. The number of rotatable bonds is 3. The molecule has 0 aliphatic rings. The first kappa shape index (κ1) is 12.6. The minimum atomic E-state index is 0.391. The molecule has 0 amide bonds. The van der Waals surface area contributed by atoms with E-state index in [0.717, 1.165) is 22.4 Å². The van der Waals surface area contributed by atoms with Gasteiger partial charge in [0, 0.05) is 5.56 Å². The highest BCUT2D eigenvalue weighted by atomic mass is 32.1. The highest BCUT2D eigenvalue weighted by molar-refractivity contribution is 7.80. The Bertz CT molecular complexity index is 765. The van der Waals surface area contributed by atoms with E-state index in [4.69, 9.17) is 22.7 Å². The van der Waals surface area contributed by atoms with E-state index in [-0.39, 0.29) is 0 Å². The summed E-state index contributed by atoms with van der Waals surface area (Å²) in [6.45, 7) is 0. The number of fused-ring (bicyclic) bond motifs is 1. The molecule has 3 aromatic carbocycles. The van der Waals surface area contributed by atoms with Crippen LogP contribution in [0.3, 0.4) is 0 Å². The molecule has 0 aliphatic carbocycles. The zero-order valence-corrected chi connectivity index (χ0v) is 11.6. The van der Waals surface area contributed by atoms with Crippen molar-refractivity contribution >= 4 is 28.0 Å². The number of ether oxygens (including phenoxy) is 1. The van der Waals surface area contributed by atoms with Crippen molar-refractivity contribution in [1.29, 1.82) is 0 Å². The molecule has 0 unspecified atom stereocenters. The van der Waals surface area contributed by atoms with E-state index < -0.39 is 0 Å². The van der Waals surface area contributed by atoms with Gasteiger partial charge in [0.15, 0.2) is 0 Å². The van der Waals surface area contributed by atoms with Gasteiger partial charge in [0.1, 0.15) is 16.5 Å². The topological polar surface area (TPSA) is 35.2 Å². The molecule has 0 saturated heterocycles. The molecule has 0 bridgehead atoms. The quantitative estimate of drug-likeness (QED) is 0.727. The Labute approximate surface area is 122 Å². The van der Waals surface area contributed by atoms with Gasteiger partial charge in [0.25, 0.3) is 0 Å². The summed E-state index contributed by atoms with van der Waals surface area (Å²) in [5.74, 6) is 1.58. The third-order valence-corrected chi connectivity index (χ3v) is 3.33. The van der Waals surface area contributed by atoms with Gasteiger partial charge >= 0.3 is 0 Å². The molecule has 0 fully saturated rings. The maximum atomic E-state index is 5.84. The molecule has 3 heteroatoms. The van der Waals surface area contributed by atoms with E-state index in [1.165, 1.54) is 5.39 Å². The monoisotopic (exact) mass is 279 g/mol. The lowest BCUT2D eigenvalue weighted by Crippen LogP contribution is -2.08. The average molecular weight is 279 g/mol. The Morgan fingerprint density at radius 2 is 1.45 bits per heavy atom. The second-order valence-electron chi connectivity index (χ2n) is 4.50. The fourth-order valence-corrected chi connectivity index (χ4v) is 2.19. The Balaban J connectivity index is 1.87. The molecular formula is C17H13NOS. The molecule has 0 heterocycles. The molecule has 20 heavy (non-hydrogen) atoms. The Hall–Kier alpha value is -2.39. The second-order valence-corrected chi connectivity index (χ2v) is 4.94. The lowest BCUT2D eigenvalue weighted by molar-refractivity contribution is 0.483. The third kappa shape index (κ3) is 2.63. The van der Waals surface area contributed by atoms with Crippen LogP contribution in [0.15, 0.2) is 66.7 Å². The number of benzene rings is 3. The van der Waals surface area contributed by atoms with E-state index >= 15 is 0 Å². The minimum absolute atomic E-state index is 0.391. The fourth-order valence-electron chi connectivity index (χ4n) is 2.05. The number of thiocarbonyl (C=S) groups is 1. The molecule has 3 rings (SSSR count). The van der Waals surface area contributed by atoms with Crippen molar-refractivity contribution in [3.05, 3.63) is 72.3 Å². The highest BCUT2D eigenvalue weighted by Gasteiger charge is 2.01. The lowest BCUT2D eigenvalue weighted by Gasteiger charge is -2.07. The maximum absolute atomic E-state index is 5.84. The SMILES string of the molecule is NC(=S)c1ccc(Oc2ccc3ccccc3c2)cc1. The van der Waals surface area contributed by atoms with Crippen LogP contribution in [0.25, 0.3) is 10.8 Å². The standard InChI is InChI=1S/C17H13NOS/c18-17(20)13-6-8-15(9-7-13)19-16-10-5-12-3-1-2-4-14(12)11-16/h1-11H,(H2,18,20). The summed E-state index contributed by atoms with van der Waals surface area (Å²) in [5, 5.41) is 2.36. The normalized spacial score (nSPS) is 10.4. The van der Waals surface area contributed by atoms with Crippen molar-refractivity contribution in [1.82, 2.24) is 0 Å². The van der Waals surface area contributed by atoms with Gasteiger partial charge in [0.2, 0.25) is 0 Å². The Morgan fingerprint density at radius 1 is 0.800 bits per heavy atom. The number of nitrogens with two attached hydrogens (primary N) is 1. The highest BCUT2D eigenvalue weighted by Crippen LogP contribution is 2.25. The molecule has 0 spiro atoms. The summed E-state index contributed by atoms with van der Waals surface area (Å²) < 4.78 is 5.84. The smallest absolute Gasteiger partial charge is 0.128 e. The summed E-state index contributed by atoms with van der Waals surface area (Å²) in [6, 6.07) is 21.7. The van der Waals surface area contributed by atoms with Gasteiger partial charge in [-0.05, 0) is 47.2 Å². The van der Waals surface area contributed by atoms with Crippen LogP contribution in [0.2, 0.25) is 0 Å². The molecule has 0 atom stereocenters. The fraction of sp³-hybridized carbons (Fsp3) is 0. The zero-order chi connectivity index (χ0) is 13.9. The number of hydrogen-bond acceptors (Lipinski definition) is 2. The average Bonchev–Trinajstić information content (AvgIpc) is 2.48. The van der Waals surface area contributed by atoms with E-state index in [2.05, 4.69) is 12.1 Å². The van der Waals surface area contributed by atoms with Gasteiger partial charge in [0.05, 0.1) is 0 Å². The first-order valence-electron chi connectivity index (χ1n) is 6.29. The first-order valence-corrected chi connectivity index (χ1v) is 6.70. The lowest BCUT2D eigenvalue weighted by atomic mass is 10.1. The minimum Gasteiger partial charge on any atom is -0.457 e. The van der Waals surface area contributed by atoms with Crippen molar-refractivity contribution in [3.8, 4) is 11.5 Å². The van der Waals surface area contributed by atoms with E-state index in [1.54, 1.807) is 0 Å². The molecular weight excluding hydrogens is 266 g/mol.